The number of amides is 1. The van der Waals surface area contributed by atoms with Crippen LogP contribution >= 0.6 is 0 Å². The average Bonchev–Trinajstić information content (AvgIpc) is 2.02. The Bertz CT molecular complexity index is 356. The van der Waals surface area contributed by atoms with E-state index in [0.717, 1.165) is 12.8 Å². The third kappa shape index (κ3) is 2.44. The molecule has 102 valence electrons. The summed E-state index contributed by atoms with van der Waals surface area (Å²) in [5, 5.41) is 9.24. The minimum atomic E-state index is -0.913. The molecule has 1 aliphatic carbocycles. The SMILES string of the molecule is CC(C)(C)OC(=O)N1C[C@@H](C2CCC2)[C@H]1C(=O)O. The van der Waals surface area contributed by atoms with Crippen molar-refractivity contribution in [3.63, 3.8) is 0 Å². The molecule has 0 aromatic carbocycles. The second-order valence-electron chi connectivity index (χ2n) is 6.27. The summed E-state index contributed by atoms with van der Waals surface area (Å²) >= 11 is 0. The van der Waals surface area contributed by atoms with Gasteiger partial charge in [-0.3, -0.25) is 4.90 Å². The Morgan fingerprint density at radius 1 is 1.28 bits per heavy atom. The lowest BCUT2D eigenvalue weighted by molar-refractivity contribution is -0.156. The highest BCUT2D eigenvalue weighted by Crippen LogP contribution is 2.42. The van der Waals surface area contributed by atoms with Crippen molar-refractivity contribution in [3.8, 4) is 0 Å². The van der Waals surface area contributed by atoms with Crippen LogP contribution in [-0.4, -0.2) is 40.3 Å². The van der Waals surface area contributed by atoms with Crippen LogP contribution in [0.5, 0.6) is 0 Å². The van der Waals surface area contributed by atoms with Crippen molar-refractivity contribution in [1.82, 2.24) is 4.90 Å². The number of hydrogen-bond donors (Lipinski definition) is 1. The van der Waals surface area contributed by atoms with E-state index < -0.39 is 23.7 Å². The Morgan fingerprint density at radius 2 is 1.89 bits per heavy atom. The lowest BCUT2D eigenvalue weighted by atomic mass is 9.68. The van der Waals surface area contributed by atoms with E-state index in [1.165, 1.54) is 11.3 Å². The Morgan fingerprint density at radius 3 is 2.28 bits per heavy atom. The predicted molar refractivity (Wildman–Crippen MR) is 65.2 cm³/mol. The Hall–Kier alpha value is -1.26. The minimum absolute atomic E-state index is 0.115. The van der Waals surface area contributed by atoms with Gasteiger partial charge in [-0.25, -0.2) is 9.59 Å². The van der Waals surface area contributed by atoms with Gasteiger partial charge in [-0.2, -0.15) is 0 Å². The maximum atomic E-state index is 11.9. The summed E-state index contributed by atoms with van der Waals surface area (Å²) in [6.07, 6.45) is 2.86. The Kier molecular flexibility index (Phi) is 3.25. The number of aliphatic carboxylic acids is 1. The molecule has 0 radical (unpaired) electrons. The van der Waals surface area contributed by atoms with E-state index >= 15 is 0 Å². The number of likely N-dealkylation sites (tertiary alicyclic amines) is 1. The smallest absolute Gasteiger partial charge is 0.411 e. The first kappa shape index (κ1) is 13.2. The summed E-state index contributed by atoms with van der Waals surface area (Å²) in [5.41, 5.74) is -0.582. The fourth-order valence-electron chi connectivity index (χ4n) is 2.63. The summed E-state index contributed by atoms with van der Waals surface area (Å²) in [6.45, 7) is 5.87. The number of rotatable bonds is 2. The largest absolute Gasteiger partial charge is 0.480 e. The van der Waals surface area contributed by atoms with E-state index in [9.17, 15) is 14.7 Å². The summed E-state index contributed by atoms with van der Waals surface area (Å²) in [5.74, 6) is -0.322. The van der Waals surface area contributed by atoms with Crippen molar-refractivity contribution in [1.29, 1.82) is 0 Å². The van der Waals surface area contributed by atoms with Crippen LogP contribution in [-0.2, 0) is 9.53 Å². The Balaban J connectivity index is 1.97. The lowest BCUT2D eigenvalue weighted by Gasteiger charge is -2.50. The predicted octanol–water partition coefficient (Wildman–Crippen LogP) is 2.11. The number of carbonyl (C=O) groups is 2. The average molecular weight is 255 g/mol. The van der Waals surface area contributed by atoms with Gasteiger partial charge in [-0.15, -0.1) is 0 Å². The molecule has 2 rings (SSSR count). The number of ether oxygens (including phenoxy) is 1. The number of carboxylic acid groups (broad SMARTS) is 1. The van der Waals surface area contributed by atoms with Crippen LogP contribution in [0.1, 0.15) is 40.0 Å². The molecule has 0 aromatic rings. The molecule has 18 heavy (non-hydrogen) atoms. The molecular weight excluding hydrogens is 234 g/mol. The van der Waals surface area contributed by atoms with Crippen LogP contribution in [0.4, 0.5) is 4.79 Å². The molecule has 1 amide bonds. The van der Waals surface area contributed by atoms with Crippen molar-refractivity contribution >= 4 is 12.1 Å². The maximum absolute atomic E-state index is 11.9. The topological polar surface area (TPSA) is 66.8 Å². The molecule has 2 fully saturated rings. The van der Waals surface area contributed by atoms with Crippen LogP contribution in [0.2, 0.25) is 0 Å². The quantitative estimate of drug-likeness (QED) is 0.820. The monoisotopic (exact) mass is 255 g/mol. The number of nitrogens with zero attached hydrogens (tertiary/aromatic N) is 1. The van der Waals surface area contributed by atoms with Gasteiger partial charge in [0.05, 0.1) is 0 Å². The molecule has 0 bridgehead atoms. The fraction of sp³-hybridized carbons (Fsp3) is 0.846. The van der Waals surface area contributed by atoms with Gasteiger partial charge in [-0.1, -0.05) is 19.3 Å². The highest BCUT2D eigenvalue weighted by Gasteiger charge is 2.52. The van der Waals surface area contributed by atoms with E-state index in [-0.39, 0.29) is 5.92 Å². The third-order valence-corrected chi connectivity index (χ3v) is 3.79. The maximum Gasteiger partial charge on any atom is 0.411 e. The normalized spacial score (nSPS) is 28.3. The summed E-state index contributed by atoms with van der Waals surface area (Å²) in [6, 6.07) is -0.690. The minimum Gasteiger partial charge on any atom is -0.480 e. The highest BCUT2D eigenvalue weighted by molar-refractivity contribution is 5.82. The first-order valence-electron chi connectivity index (χ1n) is 6.52. The van der Waals surface area contributed by atoms with Crippen molar-refractivity contribution in [3.05, 3.63) is 0 Å². The molecule has 5 nitrogen and oxygen atoms in total. The molecule has 2 atom stereocenters. The molecule has 5 heteroatoms. The number of carbonyl (C=O) groups excluding carboxylic acids is 1. The zero-order chi connectivity index (χ0) is 13.5. The van der Waals surface area contributed by atoms with E-state index in [0.29, 0.717) is 12.5 Å². The van der Waals surface area contributed by atoms with Gasteiger partial charge < -0.3 is 9.84 Å². The van der Waals surface area contributed by atoms with Gasteiger partial charge in [-0.05, 0) is 26.7 Å². The van der Waals surface area contributed by atoms with Gasteiger partial charge in [0.1, 0.15) is 11.6 Å². The number of carboxylic acids is 1. The zero-order valence-electron chi connectivity index (χ0n) is 11.2. The van der Waals surface area contributed by atoms with Gasteiger partial charge in [0, 0.05) is 12.5 Å². The molecular formula is C13H21NO4. The first-order chi connectivity index (χ1) is 8.29. The summed E-state index contributed by atoms with van der Waals surface area (Å²) < 4.78 is 5.23. The molecule has 1 saturated heterocycles. The molecule has 0 spiro atoms. The van der Waals surface area contributed by atoms with Crippen molar-refractivity contribution < 1.29 is 19.4 Å². The van der Waals surface area contributed by atoms with Crippen molar-refractivity contribution in [2.24, 2.45) is 11.8 Å². The molecule has 1 aliphatic heterocycles. The molecule has 1 saturated carbocycles. The fourth-order valence-corrected chi connectivity index (χ4v) is 2.63. The molecule has 1 heterocycles. The first-order valence-corrected chi connectivity index (χ1v) is 6.52. The van der Waals surface area contributed by atoms with Crippen LogP contribution in [0.3, 0.4) is 0 Å². The van der Waals surface area contributed by atoms with Gasteiger partial charge in [0.15, 0.2) is 0 Å². The van der Waals surface area contributed by atoms with E-state index in [4.69, 9.17) is 4.74 Å². The second kappa shape index (κ2) is 4.44. The van der Waals surface area contributed by atoms with Crippen LogP contribution < -0.4 is 0 Å². The van der Waals surface area contributed by atoms with Crippen molar-refractivity contribution in [2.45, 2.75) is 51.7 Å². The Labute approximate surface area is 107 Å². The van der Waals surface area contributed by atoms with E-state index in [2.05, 4.69) is 0 Å². The molecule has 1 N–H and O–H groups in total. The zero-order valence-corrected chi connectivity index (χ0v) is 11.2. The van der Waals surface area contributed by atoms with E-state index in [1.54, 1.807) is 20.8 Å². The number of hydrogen-bond acceptors (Lipinski definition) is 3. The second-order valence-corrected chi connectivity index (χ2v) is 6.27. The summed E-state index contributed by atoms with van der Waals surface area (Å²) in [7, 11) is 0. The molecule has 0 aromatic heterocycles. The van der Waals surface area contributed by atoms with Gasteiger partial charge in [0.25, 0.3) is 0 Å². The standard InChI is InChI=1S/C13H21NO4/c1-13(2,3)18-12(17)14-7-9(8-5-4-6-8)10(14)11(15)16/h8-10H,4-7H2,1-3H3,(H,15,16)/t9-,10-/m0/s1. The van der Waals surface area contributed by atoms with E-state index in [1.807, 2.05) is 0 Å². The lowest BCUT2D eigenvalue weighted by Crippen LogP contribution is -2.65. The van der Waals surface area contributed by atoms with Gasteiger partial charge >= 0.3 is 12.1 Å². The van der Waals surface area contributed by atoms with Crippen LogP contribution in [0.25, 0.3) is 0 Å². The molecule has 2 aliphatic rings. The van der Waals surface area contributed by atoms with Crippen molar-refractivity contribution in [2.75, 3.05) is 6.54 Å². The summed E-state index contributed by atoms with van der Waals surface area (Å²) in [4.78, 5) is 24.5. The molecule has 0 unspecified atom stereocenters. The van der Waals surface area contributed by atoms with Gasteiger partial charge in [0.2, 0.25) is 0 Å². The third-order valence-electron chi connectivity index (χ3n) is 3.79. The highest BCUT2D eigenvalue weighted by atomic mass is 16.6. The van der Waals surface area contributed by atoms with Crippen LogP contribution in [0, 0.1) is 11.8 Å². The van der Waals surface area contributed by atoms with Crippen LogP contribution in [0.15, 0.2) is 0 Å².